The van der Waals surface area contributed by atoms with Crippen LogP contribution in [0.1, 0.15) is 28.2 Å². The van der Waals surface area contributed by atoms with Gasteiger partial charge in [-0.05, 0) is 51.5 Å². The SMILES string of the molecule is CNCc1cc(COCCN2CCCC2)c(C)s1. The van der Waals surface area contributed by atoms with E-state index in [1.165, 1.54) is 41.2 Å². The van der Waals surface area contributed by atoms with E-state index in [4.69, 9.17) is 4.74 Å². The Balaban J connectivity index is 1.68. The second-order valence-electron chi connectivity index (χ2n) is 4.93. The maximum Gasteiger partial charge on any atom is 0.0728 e. The first-order chi connectivity index (χ1) is 8.79. The zero-order chi connectivity index (χ0) is 12.8. The van der Waals surface area contributed by atoms with Crippen LogP contribution in [-0.2, 0) is 17.9 Å². The number of hydrogen-bond donors (Lipinski definition) is 1. The monoisotopic (exact) mass is 268 g/mol. The number of hydrogen-bond acceptors (Lipinski definition) is 4. The highest BCUT2D eigenvalue weighted by atomic mass is 32.1. The second-order valence-corrected chi connectivity index (χ2v) is 6.27. The minimum atomic E-state index is 0.764. The van der Waals surface area contributed by atoms with Gasteiger partial charge in [0.2, 0.25) is 0 Å². The zero-order valence-electron chi connectivity index (χ0n) is 11.5. The molecule has 0 unspecified atom stereocenters. The molecule has 1 aliphatic heterocycles. The fourth-order valence-electron chi connectivity index (χ4n) is 2.37. The summed E-state index contributed by atoms with van der Waals surface area (Å²) in [7, 11) is 1.99. The lowest BCUT2D eigenvalue weighted by Gasteiger charge is -2.14. The van der Waals surface area contributed by atoms with Crippen molar-refractivity contribution in [2.75, 3.05) is 33.3 Å². The highest BCUT2D eigenvalue weighted by Crippen LogP contribution is 2.22. The third kappa shape index (κ3) is 4.05. The van der Waals surface area contributed by atoms with Crippen molar-refractivity contribution in [2.45, 2.75) is 32.9 Å². The average molecular weight is 268 g/mol. The highest BCUT2D eigenvalue weighted by molar-refractivity contribution is 7.12. The first kappa shape index (κ1) is 14.0. The molecule has 0 spiro atoms. The molecular formula is C14H24N2OS. The zero-order valence-corrected chi connectivity index (χ0v) is 12.3. The normalized spacial score (nSPS) is 16.6. The number of ether oxygens (including phenoxy) is 1. The Kier molecular flexibility index (Phi) is 5.63. The standard InChI is InChI=1S/C14H24N2OS/c1-12-13(9-14(18-12)10-15-2)11-17-8-7-16-5-3-4-6-16/h9,15H,3-8,10-11H2,1-2H3. The molecule has 0 radical (unpaired) electrons. The van der Waals surface area contributed by atoms with Gasteiger partial charge in [0.15, 0.2) is 0 Å². The topological polar surface area (TPSA) is 24.5 Å². The second kappa shape index (κ2) is 7.24. The lowest BCUT2D eigenvalue weighted by molar-refractivity contribution is 0.0991. The van der Waals surface area contributed by atoms with E-state index >= 15 is 0 Å². The highest BCUT2D eigenvalue weighted by Gasteiger charge is 2.11. The quantitative estimate of drug-likeness (QED) is 0.769. The van der Waals surface area contributed by atoms with E-state index in [0.29, 0.717) is 0 Å². The van der Waals surface area contributed by atoms with E-state index in [-0.39, 0.29) is 0 Å². The Labute approximate surface area is 114 Å². The first-order valence-corrected chi connectivity index (χ1v) is 7.64. The molecule has 1 fully saturated rings. The van der Waals surface area contributed by atoms with Gasteiger partial charge in [-0.3, -0.25) is 0 Å². The number of aryl methyl sites for hydroxylation is 1. The van der Waals surface area contributed by atoms with Crippen LogP contribution in [0.25, 0.3) is 0 Å². The molecule has 3 nitrogen and oxygen atoms in total. The van der Waals surface area contributed by atoms with Gasteiger partial charge < -0.3 is 15.0 Å². The van der Waals surface area contributed by atoms with Gasteiger partial charge in [0.1, 0.15) is 0 Å². The third-order valence-electron chi connectivity index (χ3n) is 3.43. The maximum atomic E-state index is 5.80. The minimum absolute atomic E-state index is 0.764. The van der Waals surface area contributed by atoms with Crippen molar-refractivity contribution >= 4 is 11.3 Å². The van der Waals surface area contributed by atoms with Gasteiger partial charge >= 0.3 is 0 Å². The van der Waals surface area contributed by atoms with Crippen molar-refractivity contribution in [3.05, 3.63) is 21.4 Å². The van der Waals surface area contributed by atoms with Crippen molar-refractivity contribution in [3.8, 4) is 0 Å². The lowest BCUT2D eigenvalue weighted by Crippen LogP contribution is -2.23. The van der Waals surface area contributed by atoms with Gasteiger partial charge in [0, 0.05) is 22.8 Å². The number of nitrogens with one attached hydrogen (secondary N) is 1. The summed E-state index contributed by atoms with van der Waals surface area (Å²) < 4.78 is 5.80. The van der Waals surface area contributed by atoms with E-state index in [9.17, 15) is 0 Å². The first-order valence-electron chi connectivity index (χ1n) is 6.82. The van der Waals surface area contributed by atoms with E-state index in [0.717, 1.165) is 26.3 Å². The van der Waals surface area contributed by atoms with Gasteiger partial charge in [-0.25, -0.2) is 0 Å². The molecule has 1 aromatic heterocycles. The Morgan fingerprint density at radius 2 is 2.17 bits per heavy atom. The van der Waals surface area contributed by atoms with Crippen molar-refractivity contribution in [2.24, 2.45) is 0 Å². The number of nitrogens with zero attached hydrogens (tertiary/aromatic N) is 1. The van der Waals surface area contributed by atoms with Gasteiger partial charge in [-0.15, -0.1) is 11.3 Å². The molecule has 0 amide bonds. The molecule has 0 saturated carbocycles. The molecule has 18 heavy (non-hydrogen) atoms. The van der Waals surface area contributed by atoms with Crippen LogP contribution in [-0.4, -0.2) is 38.2 Å². The predicted molar refractivity (Wildman–Crippen MR) is 77.1 cm³/mol. The molecule has 0 aliphatic carbocycles. The van der Waals surface area contributed by atoms with E-state index < -0.39 is 0 Å². The molecule has 0 atom stereocenters. The minimum Gasteiger partial charge on any atom is -0.375 e. The van der Waals surface area contributed by atoms with Crippen LogP contribution in [0.5, 0.6) is 0 Å². The van der Waals surface area contributed by atoms with E-state index in [1.54, 1.807) is 0 Å². The summed E-state index contributed by atoms with van der Waals surface area (Å²) in [5.41, 5.74) is 1.35. The number of rotatable bonds is 7. The third-order valence-corrected chi connectivity index (χ3v) is 4.52. The van der Waals surface area contributed by atoms with Gasteiger partial charge in [-0.1, -0.05) is 0 Å². The molecule has 2 heterocycles. The fourth-order valence-corrected chi connectivity index (χ4v) is 3.43. The van der Waals surface area contributed by atoms with Gasteiger partial charge in [-0.2, -0.15) is 0 Å². The fraction of sp³-hybridized carbons (Fsp3) is 0.714. The van der Waals surface area contributed by atoms with Crippen molar-refractivity contribution in [3.63, 3.8) is 0 Å². The molecule has 0 bridgehead atoms. The van der Waals surface area contributed by atoms with Crippen LogP contribution in [0, 0.1) is 6.92 Å². The summed E-state index contributed by atoms with van der Waals surface area (Å²) in [6.07, 6.45) is 2.72. The van der Waals surface area contributed by atoms with Crippen molar-refractivity contribution in [1.82, 2.24) is 10.2 Å². The summed E-state index contributed by atoms with van der Waals surface area (Å²) in [6, 6.07) is 2.27. The molecule has 1 saturated heterocycles. The van der Waals surface area contributed by atoms with Crippen LogP contribution >= 0.6 is 11.3 Å². The van der Waals surface area contributed by atoms with Crippen LogP contribution in [0.3, 0.4) is 0 Å². The van der Waals surface area contributed by atoms with Gasteiger partial charge in [0.05, 0.1) is 13.2 Å². The summed E-state index contributed by atoms with van der Waals surface area (Å²) in [4.78, 5) is 5.28. The lowest BCUT2D eigenvalue weighted by atomic mass is 10.2. The largest absolute Gasteiger partial charge is 0.375 e. The van der Waals surface area contributed by atoms with Crippen LogP contribution in [0.2, 0.25) is 0 Å². The maximum absolute atomic E-state index is 5.80. The van der Waals surface area contributed by atoms with Crippen LogP contribution in [0.4, 0.5) is 0 Å². The van der Waals surface area contributed by atoms with Crippen molar-refractivity contribution in [1.29, 1.82) is 0 Å². The molecule has 1 aliphatic rings. The Hall–Kier alpha value is -0.420. The molecule has 2 rings (SSSR count). The molecule has 1 N–H and O–H groups in total. The number of likely N-dealkylation sites (tertiary alicyclic amines) is 1. The molecule has 102 valence electrons. The average Bonchev–Trinajstić information content (AvgIpc) is 2.96. The van der Waals surface area contributed by atoms with Crippen LogP contribution in [0.15, 0.2) is 6.07 Å². The molecule has 1 aromatic rings. The summed E-state index contributed by atoms with van der Waals surface area (Å²) in [5, 5.41) is 3.19. The smallest absolute Gasteiger partial charge is 0.0728 e. The summed E-state index contributed by atoms with van der Waals surface area (Å²) in [5.74, 6) is 0. The van der Waals surface area contributed by atoms with Gasteiger partial charge in [0.25, 0.3) is 0 Å². The van der Waals surface area contributed by atoms with Crippen molar-refractivity contribution < 1.29 is 4.74 Å². The Morgan fingerprint density at radius 1 is 1.39 bits per heavy atom. The molecule has 0 aromatic carbocycles. The molecular weight excluding hydrogens is 244 g/mol. The number of thiophene rings is 1. The summed E-state index contributed by atoms with van der Waals surface area (Å²) in [6.45, 7) is 8.37. The van der Waals surface area contributed by atoms with E-state index in [2.05, 4.69) is 23.2 Å². The Bertz CT molecular complexity index is 359. The Morgan fingerprint density at radius 3 is 2.89 bits per heavy atom. The van der Waals surface area contributed by atoms with E-state index in [1.807, 2.05) is 18.4 Å². The summed E-state index contributed by atoms with van der Waals surface area (Å²) >= 11 is 1.87. The predicted octanol–water partition coefficient (Wildman–Crippen LogP) is 2.39. The van der Waals surface area contributed by atoms with Crippen LogP contribution < -0.4 is 5.32 Å². The molecule has 4 heteroatoms.